The zero-order valence-corrected chi connectivity index (χ0v) is 11.0. The summed E-state index contributed by atoms with van der Waals surface area (Å²) in [5.74, 6) is 0. The van der Waals surface area contributed by atoms with E-state index in [-0.39, 0.29) is 13.2 Å². The van der Waals surface area contributed by atoms with Crippen LogP contribution in [0.15, 0.2) is 24.4 Å². The zero-order valence-electron chi connectivity index (χ0n) is 11.0. The highest BCUT2D eigenvalue weighted by atomic mass is 16.3. The van der Waals surface area contributed by atoms with Crippen LogP contribution in [0.3, 0.4) is 0 Å². The Morgan fingerprint density at radius 1 is 1.16 bits per heavy atom. The largest absolute Gasteiger partial charge is 0.398 e. The highest BCUT2D eigenvalue weighted by Gasteiger charge is 2.11. The summed E-state index contributed by atoms with van der Waals surface area (Å²) in [5.41, 5.74) is 8.51. The SMILES string of the molecule is Cc1cc2c(N(CCO)CCO)ccc(N)c2cn1. The number of aliphatic hydroxyl groups is 2. The molecule has 1 heterocycles. The first-order valence-electron chi connectivity index (χ1n) is 6.29. The average Bonchev–Trinajstić information content (AvgIpc) is 2.39. The van der Waals surface area contributed by atoms with Crippen LogP contribution < -0.4 is 10.6 Å². The number of pyridine rings is 1. The molecule has 0 radical (unpaired) electrons. The molecule has 4 N–H and O–H groups in total. The summed E-state index contributed by atoms with van der Waals surface area (Å²) in [4.78, 5) is 6.21. The lowest BCUT2D eigenvalue weighted by atomic mass is 10.1. The molecule has 1 aromatic carbocycles. The minimum Gasteiger partial charge on any atom is -0.398 e. The monoisotopic (exact) mass is 261 g/mol. The van der Waals surface area contributed by atoms with Crippen LogP contribution in [-0.4, -0.2) is 41.5 Å². The summed E-state index contributed by atoms with van der Waals surface area (Å²) < 4.78 is 0. The zero-order chi connectivity index (χ0) is 13.8. The first kappa shape index (κ1) is 13.6. The molecule has 0 spiro atoms. The Bertz CT molecular complexity index is 566. The van der Waals surface area contributed by atoms with E-state index in [4.69, 9.17) is 15.9 Å². The molecular formula is C14H19N3O2. The van der Waals surface area contributed by atoms with Gasteiger partial charge in [-0.3, -0.25) is 4.98 Å². The van der Waals surface area contributed by atoms with E-state index in [2.05, 4.69) is 4.98 Å². The fourth-order valence-corrected chi connectivity index (χ4v) is 2.22. The Morgan fingerprint density at radius 2 is 1.84 bits per heavy atom. The number of nitrogen functional groups attached to an aromatic ring is 1. The van der Waals surface area contributed by atoms with E-state index >= 15 is 0 Å². The molecule has 2 aromatic rings. The van der Waals surface area contributed by atoms with Gasteiger partial charge < -0.3 is 20.8 Å². The van der Waals surface area contributed by atoms with Gasteiger partial charge in [-0.05, 0) is 25.1 Å². The molecule has 0 bridgehead atoms. The van der Waals surface area contributed by atoms with Crippen LogP contribution in [-0.2, 0) is 0 Å². The molecule has 0 amide bonds. The van der Waals surface area contributed by atoms with Gasteiger partial charge in [0.05, 0.1) is 13.2 Å². The predicted molar refractivity (Wildman–Crippen MR) is 77.3 cm³/mol. The number of hydrogen-bond acceptors (Lipinski definition) is 5. The summed E-state index contributed by atoms with van der Waals surface area (Å²) in [6, 6.07) is 5.72. The van der Waals surface area contributed by atoms with Crippen LogP contribution in [0.5, 0.6) is 0 Å². The third-order valence-corrected chi connectivity index (χ3v) is 3.13. The third-order valence-electron chi connectivity index (χ3n) is 3.13. The van der Waals surface area contributed by atoms with Crippen molar-refractivity contribution < 1.29 is 10.2 Å². The first-order chi connectivity index (χ1) is 9.17. The molecule has 2 rings (SSSR count). The third kappa shape index (κ3) is 2.77. The first-order valence-corrected chi connectivity index (χ1v) is 6.29. The lowest BCUT2D eigenvalue weighted by Crippen LogP contribution is -2.29. The lowest BCUT2D eigenvalue weighted by molar-refractivity contribution is 0.281. The van der Waals surface area contributed by atoms with Crippen LogP contribution in [0.25, 0.3) is 10.8 Å². The van der Waals surface area contributed by atoms with Crippen molar-refractivity contribution in [3.8, 4) is 0 Å². The molecular weight excluding hydrogens is 242 g/mol. The number of aryl methyl sites for hydroxylation is 1. The average molecular weight is 261 g/mol. The van der Waals surface area contributed by atoms with E-state index in [9.17, 15) is 0 Å². The van der Waals surface area contributed by atoms with Gasteiger partial charge in [0.2, 0.25) is 0 Å². The number of anilines is 2. The van der Waals surface area contributed by atoms with E-state index in [1.807, 2.05) is 30.0 Å². The van der Waals surface area contributed by atoms with E-state index in [1.165, 1.54) is 0 Å². The smallest absolute Gasteiger partial charge is 0.0606 e. The predicted octanol–water partition coefficient (Wildman–Crippen LogP) is 0.916. The molecule has 0 saturated carbocycles. The van der Waals surface area contributed by atoms with Gasteiger partial charge in [-0.25, -0.2) is 0 Å². The number of rotatable bonds is 5. The second-order valence-corrected chi connectivity index (χ2v) is 4.48. The maximum atomic E-state index is 9.15. The quantitative estimate of drug-likeness (QED) is 0.697. The fraction of sp³-hybridized carbons (Fsp3) is 0.357. The number of nitrogens with zero attached hydrogens (tertiary/aromatic N) is 2. The van der Waals surface area contributed by atoms with E-state index in [0.717, 1.165) is 22.2 Å². The maximum absolute atomic E-state index is 9.15. The molecule has 5 heteroatoms. The summed E-state index contributed by atoms with van der Waals surface area (Å²) in [7, 11) is 0. The van der Waals surface area contributed by atoms with Crippen molar-refractivity contribution in [2.75, 3.05) is 36.9 Å². The van der Waals surface area contributed by atoms with Crippen LogP contribution >= 0.6 is 0 Å². The van der Waals surface area contributed by atoms with Crippen LogP contribution in [0, 0.1) is 6.92 Å². The van der Waals surface area contributed by atoms with E-state index < -0.39 is 0 Å². The number of fused-ring (bicyclic) bond motifs is 1. The molecule has 0 atom stereocenters. The topological polar surface area (TPSA) is 82.6 Å². The minimum atomic E-state index is 0.0376. The molecule has 0 fully saturated rings. The standard InChI is InChI=1S/C14H19N3O2/c1-10-8-11-12(9-16-10)13(15)2-3-14(11)17(4-6-18)5-7-19/h2-3,8-9,18-19H,4-7,15H2,1H3. The van der Waals surface area contributed by atoms with Gasteiger partial charge in [0.25, 0.3) is 0 Å². The van der Waals surface area contributed by atoms with Crippen molar-refractivity contribution in [2.45, 2.75) is 6.92 Å². The van der Waals surface area contributed by atoms with Crippen molar-refractivity contribution in [1.29, 1.82) is 0 Å². The van der Waals surface area contributed by atoms with E-state index in [0.29, 0.717) is 18.8 Å². The Labute approximate surface area is 112 Å². The molecule has 5 nitrogen and oxygen atoms in total. The van der Waals surface area contributed by atoms with Gasteiger partial charge >= 0.3 is 0 Å². The van der Waals surface area contributed by atoms with Gasteiger partial charge in [0.15, 0.2) is 0 Å². The molecule has 1 aromatic heterocycles. The van der Waals surface area contributed by atoms with Crippen LogP contribution in [0.1, 0.15) is 5.69 Å². The van der Waals surface area contributed by atoms with E-state index in [1.54, 1.807) is 6.20 Å². The van der Waals surface area contributed by atoms with Crippen molar-refractivity contribution in [1.82, 2.24) is 4.98 Å². The molecule has 0 saturated heterocycles. The van der Waals surface area contributed by atoms with Crippen molar-refractivity contribution in [2.24, 2.45) is 0 Å². The van der Waals surface area contributed by atoms with Gasteiger partial charge in [-0.15, -0.1) is 0 Å². The Morgan fingerprint density at radius 3 is 2.47 bits per heavy atom. The number of benzene rings is 1. The van der Waals surface area contributed by atoms with Crippen molar-refractivity contribution >= 4 is 22.1 Å². The Balaban J connectivity index is 2.58. The summed E-state index contributed by atoms with van der Waals surface area (Å²) in [6.45, 7) is 2.95. The normalized spacial score (nSPS) is 10.9. The highest BCUT2D eigenvalue weighted by Crippen LogP contribution is 2.30. The van der Waals surface area contributed by atoms with Crippen LogP contribution in [0.4, 0.5) is 11.4 Å². The highest BCUT2D eigenvalue weighted by molar-refractivity contribution is 6.01. The van der Waals surface area contributed by atoms with Crippen molar-refractivity contribution in [3.05, 3.63) is 30.1 Å². The number of nitrogens with two attached hydrogens (primary N) is 1. The second-order valence-electron chi connectivity index (χ2n) is 4.48. The van der Waals surface area contributed by atoms with Crippen LogP contribution in [0.2, 0.25) is 0 Å². The van der Waals surface area contributed by atoms with Gasteiger partial charge in [-0.1, -0.05) is 0 Å². The second kappa shape index (κ2) is 5.86. The van der Waals surface area contributed by atoms with Gasteiger partial charge in [0, 0.05) is 47.1 Å². The number of aromatic nitrogens is 1. The fourth-order valence-electron chi connectivity index (χ4n) is 2.22. The summed E-state index contributed by atoms with van der Waals surface area (Å²) >= 11 is 0. The minimum absolute atomic E-state index is 0.0376. The molecule has 102 valence electrons. The van der Waals surface area contributed by atoms with Gasteiger partial charge in [0.1, 0.15) is 0 Å². The molecule has 0 unspecified atom stereocenters. The maximum Gasteiger partial charge on any atom is 0.0606 e. The summed E-state index contributed by atoms with van der Waals surface area (Å²) in [5, 5.41) is 20.2. The van der Waals surface area contributed by atoms with Gasteiger partial charge in [-0.2, -0.15) is 0 Å². The Hall–Kier alpha value is -1.85. The number of hydrogen-bond donors (Lipinski definition) is 3. The molecule has 19 heavy (non-hydrogen) atoms. The Kier molecular flexibility index (Phi) is 4.19. The molecule has 0 aliphatic heterocycles. The van der Waals surface area contributed by atoms with Crippen molar-refractivity contribution in [3.63, 3.8) is 0 Å². The number of aliphatic hydroxyl groups excluding tert-OH is 2. The molecule has 0 aliphatic carbocycles. The molecule has 0 aliphatic rings. The summed E-state index contributed by atoms with van der Waals surface area (Å²) in [6.07, 6.45) is 1.76. The lowest BCUT2D eigenvalue weighted by Gasteiger charge is -2.25.